The predicted octanol–water partition coefficient (Wildman–Crippen LogP) is 3.11. The zero-order chi connectivity index (χ0) is 22.7. The molecule has 1 fully saturated rings. The van der Waals surface area contributed by atoms with Gasteiger partial charge in [-0.1, -0.05) is 26.2 Å². The van der Waals surface area contributed by atoms with Gasteiger partial charge in [-0.25, -0.2) is 9.59 Å². The monoisotopic (exact) mass is 494 g/mol. The average molecular weight is 495 g/mol. The lowest BCUT2D eigenvalue weighted by molar-refractivity contribution is 0.335. The van der Waals surface area contributed by atoms with Gasteiger partial charge in [0, 0.05) is 29.0 Å². The second-order valence-electron chi connectivity index (χ2n) is 8.51. The Morgan fingerprint density at radius 3 is 2.29 bits per heavy atom. The van der Waals surface area contributed by atoms with Crippen LogP contribution in [0.15, 0.2) is 23.7 Å². The summed E-state index contributed by atoms with van der Waals surface area (Å²) in [6.07, 6.45) is 8.87. The van der Waals surface area contributed by atoms with Gasteiger partial charge >= 0.3 is 11.4 Å². The topological polar surface area (TPSA) is 110 Å². The van der Waals surface area contributed by atoms with Gasteiger partial charge in [0.15, 0.2) is 0 Å². The molecule has 0 saturated heterocycles. The first-order valence-corrected chi connectivity index (χ1v) is 11.9. The van der Waals surface area contributed by atoms with Crippen LogP contribution in [0, 0.1) is 6.92 Å². The van der Waals surface area contributed by atoms with Gasteiger partial charge in [0.25, 0.3) is 11.1 Å². The van der Waals surface area contributed by atoms with Crippen molar-refractivity contribution >= 4 is 15.9 Å². The highest BCUT2D eigenvalue weighted by Crippen LogP contribution is 2.26. The maximum absolute atomic E-state index is 12.3. The van der Waals surface area contributed by atoms with Crippen LogP contribution in [0.3, 0.4) is 0 Å². The van der Waals surface area contributed by atoms with Crippen LogP contribution < -0.4 is 22.5 Å². The van der Waals surface area contributed by atoms with Crippen molar-refractivity contribution in [2.75, 3.05) is 0 Å². The number of hydrogen-bond acceptors (Lipinski definition) is 4. The Bertz CT molecular complexity index is 1170. The van der Waals surface area contributed by atoms with Gasteiger partial charge in [-0.05, 0) is 68.3 Å². The molecule has 0 amide bonds. The van der Waals surface area contributed by atoms with Crippen molar-refractivity contribution in [1.82, 2.24) is 19.1 Å². The Kier molecular flexibility index (Phi) is 7.56. The number of fused-ring (bicyclic) bond motifs is 1. The first-order chi connectivity index (χ1) is 14.8. The molecule has 4 rings (SSSR count). The van der Waals surface area contributed by atoms with Gasteiger partial charge in [0.05, 0.1) is 0 Å². The average Bonchev–Trinajstić information content (AvgIpc) is 3.22. The molecule has 2 N–H and O–H groups in total. The molecule has 0 bridgehead atoms. The van der Waals surface area contributed by atoms with E-state index in [4.69, 9.17) is 0 Å². The quantitative estimate of drug-likeness (QED) is 0.682. The van der Waals surface area contributed by atoms with Gasteiger partial charge in [0.1, 0.15) is 4.47 Å². The number of nitrogens with zero attached hydrogens (tertiary/aromatic N) is 2. The molecular weight excluding hydrogens is 464 g/mol. The fourth-order valence-corrected chi connectivity index (χ4v) is 4.72. The van der Waals surface area contributed by atoms with Crippen molar-refractivity contribution in [3.05, 3.63) is 63.1 Å². The van der Waals surface area contributed by atoms with Crippen molar-refractivity contribution in [3.63, 3.8) is 0 Å². The lowest BCUT2D eigenvalue weighted by Gasteiger charge is -2.23. The summed E-state index contributed by atoms with van der Waals surface area (Å²) in [6.45, 7) is 5.47. The molecule has 1 atom stereocenters. The lowest BCUT2D eigenvalue weighted by Crippen LogP contribution is -2.40. The molecular formula is C22H31BrN4O4. The minimum absolute atomic E-state index is 0.0202. The van der Waals surface area contributed by atoms with Crippen LogP contribution >= 0.6 is 15.9 Å². The number of H-pyrrole nitrogens is 2. The summed E-state index contributed by atoms with van der Waals surface area (Å²) in [5.41, 5.74) is 1.49. The molecule has 170 valence electrons. The fraction of sp³-hybridized carbons (Fsp3) is 0.636. The summed E-state index contributed by atoms with van der Waals surface area (Å²) in [7, 11) is 0. The van der Waals surface area contributed by atoms with Crippen molar-refractivity contribution in [2.24, 2.45) is 0 Å². The maximum Gasteiger partial charge on any atom is 0.328 e. The number of halogens is 1. The summed E-state index contributed by atoms with van der Waals surface area (Å²) >= 11 is 3.16. The highest BCUT2D eigenvalue weighted by atomic mass is 79.9. The second kappa shape index (κ2) is 9.97. The summed E-state index contributed by atoms with van der Waals surface area (Å²) in [6, 6.07) is 0.0500. The summed E-state index contributed by atoms with van der Waals surface area (Å²) in [5, 5.41) is 0. The zero-order valence-electron chi connectivity index (χ0n) is 18.4. The van der Waals surface area contributed by atoms with E-state index in [0.29, 0.717) is 10.2 Å². The Labute approximate surface area is 188 Å². The van der Waals surface area contributed by atoms with Gasteiger partial charge in [0.2, 0.25) is 0 Å². The predicted molar refractivity (Wildman–Crippen MR) is 124 cm³/mol. The van der Waals surface area contributed by atoms with E-state index >= 15 is 0 Å². The van der Waals surface area contributed by atoms with Crippen LogP contribution in [-0.2, 0) is 12.8 Å². The maximum atomic E-state index is 12.3. The Morgan fingerprint density at radius 1 is 0.968 bits per heavy atom. The van der Waals surface area contributed by atoms with Crippen LogP contribution in [-0.4, -0.2) is 19.1 Å². The van der Waals surface area contributed by atoms with Crippen LogP contribution in [0.5, 0.6) is 0 Å². The van der Waals surface area contributed by atoms with Crippen molar-refractivity contribution < 1.29 is 0 Å². The van der Waals surface area contributed by atoms with E-state index in [0.717, 1.165) is 62.6 Å². The number of rotatable bonds is 3. The van der Waals surface area contributed by atoms with Gasteiger partial charge < -0.3 is 9.97 Å². The van der Waals surface area contributed by atoms with E-state index in [1.54, 1.807) is 6.92 Å². The first kappa shape index (κ1) is 23.5. The Morgan fingerprint density at radius 2 is 1.65 bits per heavy atom. The van der Waals surface area contributed by atoms with E-state index in [-0.39, 0.29) is 34.6 Å². The van der Waals surface area contributed by atoms with Crippen molar-refractivity contribution in [2.45, 2.75) is 90.6 Å². The third-order valence-corrected chi connectivity index (χ3v) is 7.33. The second-order valence-corrected chi connectivity index (χ2v) is 9.30. The highest BCUT2D eigenvalue weighted by Gasteiger charge is 2.24. The van der Waals surface area contributed by atoms with Crippen LogP contribution in [0.2, 0.25) is 0 Å². The van der Waals surface area contributed by atoms with E-state index in [1.807, 2.05) is 13.8 Å². The van der Waals surface area contributed by atoms with Crippen LogP contribution in [0.1, 0.15) is 87.8 Å². The fourth-order valence-electron chi connectivity index (χ4n) is 4.43. The molecule has 2 heterocycles. The van der Waals surface area contributed by atoms with E-state index < -0.39 is 0 Å². The van der Waals surface area contributed by atoms with Crippen LogP contribution in [0.25, 0.3) is 0 Å². The standard InChI is InChI=1S/C13H18N2O2.C9H13BrN2O2/c16-12-10-7-4-8-11(10)14-13(17)15(12)9-5-2-1-3-6-9;1-4-5(2)12-8(13)7(10)6(3)11-9(12)14/h9H,1-8H2,(H,14,17);5H,4H2,1-3H3,(H,11,14). The number of aromatic amines is 2. The lowest BCUT2D eigenvalue weighted by atomic mass is 9.95. The molecule has 9 heteroatoms. The Hall–Kier alpha value is -2.16. The molecule has 2 aliphatic carbocycles. The van der Waals surface area contributed by atoms with Crippen molar-refractivity contribution in [3.8, 4) is 0 Å². The number of hydrogen-bond donors (Lipinski definition) is 2. The minimum Gasteiger partial charge on any atom is -0.311 e. The van der Waals surface area contributed by atoms with Gasteiger partial charge in [-0.15, -0.1) is 0 Å². The van der Waals surface area contributed by atoms with E-state index in [2.05, 4.69) is 25.9 Å². The molecule has 0 aliphatic heterocycles. The third-order valence-electron chi connectivity index (χ3n) is 6.39. The van der Waals surface area contributed by atoms with Crippen molar-refractivity contribution in [1.29, 1.82) is 0 Å². The molecule has 2 aliphatic rings. The largest absolute Gasteiger partial charge is 0.328 e. The van der Waals surface area contributed by atoms with E-state index in [9.17, 15) is 19.2 Å². The zero-order valence-corrected chi connectivity index (χ0v) is 20.0. The van der Waals surface area contributed by atoms with Crippen LogP contribution in [0.4, 0.5) is 0 Å². The summed E-state index contributed by atoms with van der Waals surface area (Å²) in [4.78, 5) is 53.1. The molecule has 1 saturated carbocycles. The molecule has 2 aromatic rings. The van der Waals surface area contributed by atoms with E-state index in [1.165, 1.54) is 15.6 Å². The normalized spacial score (nSPS) is 17.0. The molecule has 1 unspecified atom stereocenters. The van der Waals surface area contributed by atoms with Gasteiger partial charge in [-0.3, -0.25) is 18.7 Å². The molecule has 0 radical (unpaired) electrons. The summed E-state index contributed by atoms with van der Waals surface area (Å²) < 4.78 is 3.15. The van der Waals surface area contributed by atoms with Gasteiger partial charge in [-0.2, -0.15) is 0 Å². The minimum atomic E-state index is -0.343. The number of aromatic nitrogens is 4. The summed E-state index contributed by atoms with van der Waals surface area (Å²) in [5.74, 6) is 0. The molecule has 0 spiro atoms. The smallest absolute Gasteiger partial charge is 0.311 e. The first-order valence-electron chi connectivity index (χ1n) is 11.1. The molecule has 8 nitrogen and oxygen atoms in total. The third kappa shape index (κ3) is 4.86. The highest BCUT2D eigenvalue weighted by molar-refractivity contribution is 9.10. The number of aryl methyl sites for hydroxylation is 2. The molecule has 31 heavy (non-hydrogen) atoms. The molecule has 0 aromatic carbocycles. The SMILES string of the molecule is CCC(C)n1c(=O)[nH]c(C)c(Br)c1=O.O=c1[nH]c2c(c(=O)n1C1CCCCC1)CCC2. The molecule has 2 aromatic heterocycles. The Balaban J connectivity index is 0.000000180. The number of nitrogens with one attached hydrogen (secondary N) is 2.